The van der Waals surface area contributed by atoms with Gasteiger partial charge >= 0.3 is 0 Å². The molecule has 3 heteroatoms. The van der Waals surface area contributed by atoms with Crippen LogP contribution in [0.5, 0.6) is 0 Å². The van der Waals surface area contributed by atoms with Crippen LogP contribution in [0.3, 0.4) is 0 Å². The Morgan fingerprint density at radius 3 is 2.33 bits per heavy atom. The Morgan fingerprint density at radius 2 is 1.92 bits per heavy atom. The van der Waals surface area contributed by atoms with Crippen molar-refractivity contribution < 1.29 is 4.79 Å². The maximum absolute atomic E-state index is 11.5. The third-order valence-corrected chi connectivity index (χ3v) is 1.97. The number of halogens is 2. The van der Waals surface area contributed by atoms with Crippen molar-refractivity contribution >= 4 is 33.3 Å². The van der Waals surface area contributed by atoms with Crippen LogP contribution in [-0.2, 0) is 0 Å². The van der Waals surface area contributed by atoms with Crippen LogP contribution in [0.15, 0.2) is 30.3 Å². The molecule has 0 amide bonds. The molecule has 1 aromatic carbocycles. The van der Waals surface area contributed by atoms with Crippen LogP contribution in [0, 0.1) is 0 Å². The van der Waals surface area contributed by atoms with Crippen molar-refractivity contribution in [2.24, 2.45) is 0 Å². The number of alkyl halides is 2. The molecule has 0 spiro atoms. The molecule has 0 N–H and O–H groups in total. The second-order valence-corrected chi connectivity index (χ2v) is 5.38. The molecule has 1 aromatic rings. The Labute approximate surface area is 84.9 Å². The maximum Gasteiger partial charge on any atom is 0.194 e. The van der Waals surface area contributed by atoms with E-state index >= 15 is 0 Å². The molecule has 64 valence electrons. The van der Waals surface area contributed by atoms with Crippen molar-refractivity contribution in [2.75, 3.05) is 0 Å². The maximum atomic E-state index is 11.5. The summed E-state index contributed by atoms with van der Waals surface area (Å²) in [6, 6.07) is 8.96. The van der Waals surface area contributed by atoms with Crippen molar-refractivity contribution in [3.8, 4) is 0 Å². The Bertz CT molecular complexity index is 276. The van der Waals surface area contributed by atoms with Gasteiger partial charge in [0.25, 0.3) is 0 Å². The lowest BCUT2D eigenvalue weighted by Crippen LogP contribution is -2.20. The highest BCUT2D eigenvalue weighted by molar-refractivity contribution is 9.10. The van der Waals surface area contributed by atoms with E-state index in [1.807, 2.05) is 18.2 Å². The van der Waals surface area contributed by atoms with E-state index in [1.54, 1.807) is 19.1 Å². The lowest BCUT2D eigenvalue weighted by molar-refractivity contribution is 0.0983. The molecule has 1 atom stereocenters. The van der Waals surface area contributed by atoms with E-state index in [4.69, 9.17) is 11.6 Å². The van der Waals surface area contributed by atoms with Gasteiger partial charge in [0.05, 0.1) is 0 Å². The molecule has 0 aliphatic rings. The molecule has 0 saturated heterocycles. The predicted octanol–water partition coefficient (Wildman–Crippen LogP) is 3.22. The topological polar surface area (TPSA) is 17.1 Å². The number of hydrogen-bond donors (Lipinski definition) is 0. The van der Waals surface area contributed by atoms with Crippen LogP contribution in [-0.4, -0.2) is 9.57 Å². The van der Waals surface area contributed by atoms with E-state index in [1.165, 1.54) is 0 Å². The first-order valence-corrected chi connectivity index (χ1v) is 4.66. The molecule has 0 fully saturated rings. The number of benzene rings is 1. The smallest absolute Gasteiger partial charge is 0.194 e. The standard InChI is InChI=1S/C9H8BrClO/c1-9(10,11)8(12)7-5-3-2-4-6-7/h2-6H,1H3. The lowest BCUT2D eigenvalue weighted by atomic mass is 10.1. The molecule has 1 rings (SSSR count). The average Bonchev–Trinajstić information content (AvgIpc) is 2.03. The molecule has 0 aliphatic heterocycles. The molecule has 1 unspecified atom stereocenters. The molecule has 0 aliphatic carbocycles. The van der Waals surface area contributed by atoms with Crippen molar-refractivity contribution in [1.29, 1.82) is 0 Å². The third kappa shape index (κ3) is 2.32. The van der Waals surface area contributed by atoms with E-state index in [0.717, 1.165) is 0 Å². The monoisotopic (exact) mass is 246 g/mol. The molecule has 1 nitrogen and oxygen atoms in total. The summed E-state index contributed by atoms with van der Waals surface area (Å²) in [5, 5.41) is 0. The highest BCUT2D eigenvalue weighted by Crippen LogP contribution is 2.26. The summed E-state index contributed by atoms with van der Waals surface area (Å²) >= 11 is 8.88. The number of carbonyl (C=O) groups excluding carboxylic acids is 1. The zero-order valence-electron chi connectivity index (χ0n) is 6.55. The summed E-state index contributed by atoms with van der Waals surface area (Å²) in [5.74, 6) is -0.121. The fourth-order valence-corrected chi connectivity index (χ4v) is 1.18. The minimum absolute atomic E-state index is 0.121. The Hall–Kier alpha value is -0.340. The second kappa shape index (κ2) is 3.58. The largest absolute Gasteiger partial charge is 0.291 e. The van der Waals surface area contributed by atoms with Gasteiger partial charge in [-0.1, -0.05) is 57.9 Å². The van der Waals surface area contributed by atoms with Crippen LogP contribution in [0.4, 0.5) is 0 Å². The minimum Gasteiger partial charge on any atom is -0.291 e. The number of ketones is 1. The fraction of sp³-hybridized carbons (Fsp3) is 0.222. The number of hydrogen-bond acceptors (Lipinski definition) is 1. The van der Waals surface area contributed by atoms with Gasteiger partial charge in [-0.15, -0.1) is 0 Å². The van der Waals surface area contributed by atoms with Crippen molar-refractivity contribution in [3.63, 3.8) is 0 Å². The fourth-order valence-electron chi connectivity index (χ4n) is 0.843. The Kier molecular flexibility index (Phi) is 2.91. The SMILES string of the molecule is CC(Cl)(Br)C(=O)c1ccccc1. The molecule has 0 saturated carbocycles. The number of Topliss-reactive ketones (excluding diaryl/α,β-unsaturated/α-hetero) is 1. The van der Waals surface area contributed by atoms with Crippen molar-refractivity contribution in [2.45, 2.75) is 10.7 Å². The summed E-state index contributed by atoms with van der Waals surface area (Å²) in [4.78, 5) is 11.5. The van der Waals surface area contributed by atoms with Crippen LogP contribution in [0.1, 0.15) is 17.3 Å². The number of rotatable bonds is 2. The molecule has 0 heterocycles. The van der Waals surface area contributed by atoms with Crippen LogP contribution < -0.4 is 0 Å². The quantitative estimate of drug-likeness (QED) is 0.579. The van der Waals surface area contributed by atoms with Gasteiger partial charge < -0.3 is 0 Å². The Balaban J connectivity index is 2.94. The van der Waals surface area contributed by atoms with Gasteiger partial charge in [-0.05, 0) is 6.92 Å². The van der Waals surface area contributed by atoms with Gasteiger partial charge in [-0.2, -0.15) is 0 Å². The molecule has 0 bridgehead atoms. The summed E-state index contributed by atoms with van der Waals surface area (Å²) < 4.78 is -0.992. The van der Waals surface area contributed by atoms with Crippen molar-refractivity contribution in [1.82, 2.24) is 0 Å². The van der Waals surface area contributed by atoms with Gasteiger partial charge in [-0.25, -0.2) is 0 Å². The second-order valence-electron chi connectivity index (χ2n) is 2.58. The molecular weight excluding hydrogens is 239 g/mol. The van der Waals surface area contributed by atoms with Gasteiger partial charge in [0.1, 0.15) is 0 Å². The van der Waals surface area contributed by atoms with E-state index in [0.29, 0.717) is 5.56 Å². The predicted molar refractivity (Wildman–Crippen MR) is 54.0 cm³/mol. The lowest BCUT2D eigenvalue weighted by Gasteiger charge is -2.11. The first-order valence-electron chi connectivity index (χ1n) is 3.49. The molecule has 0 radical (unpaired) electrons. The van der Waals surface area contributed by atoms with E-state index < -0.39 is 3.78 Å². The summed E-state index contributed by atoms with van der Waals surface area (Å²) in [6.07, 6.45) is 0. The van der Waals surface area contributed by atoms with Gasteiger partial charge in [0.2, 0.25) is 0 Å². The minimum atomic E-state index is -0.992. The summed E-state index contributed by atoms with van der Waals surface area (Å²) in [7, 11) is 0. The first-order chi connectivity index (χ1) is 5.52. The third-order valence-electron chi connectivity index (χ3n) is 1.43. The average molecular weight is 248 g/mol. The normalized spacial score (nSPS) is 15.2. The van der Waals surface area contributed by atoms with Crippen LogP contribution >= 0.6 is 27.5 Å². The zero-order chi connectivity index (χ0) is 9.19. The van der Waals surface area contributed by atoms with Crippen LogP contribution in [0.25, 0.3) is 0 Å². The highest BCUT2D eigenvalue weighted by Gasteiger charge is 2.27. The molecule has 0 aromatic heterocycles. The van der Waals surface area contributed by atoms with Gasteiger partial charge in [-0.3, -0.25) is 4.79 Å². The Morgan fingerprint density at radius 1 is 1.42 bits per heavy atom. The zero-order valence-corrected chi connectivity index (χ0v) is 8.89. The van der Waals surface area contributed by atoms with E-state index in [9.17, 15) is 4.79 Å². The van der Waals surface area contributed by atoms with Gasteiger partial charge in [0, 0.05) is 5.56 Å². The van der Waals surface area contributed by atoms with Crippen molar-refractivity contribution in [3.05, 3.63) is 35.9 Å². The van der Waals surface area contributed by atoms with E-state index in [-0.39, 0.29) is 5.78 Å². The number of carbonyl (C=O) groups is 1. The first kappa shape index (κ1) is 9.75. The van der Waals surface area contributed by atoms with Gasteiger partial charge in [0.15, 0.2) is 9.57 Å². The molecule has 12 heavy (non-hydrogen) atoms. The molecular formula is C9H8BrClO. The van der Waals surface area contributed by atoms with Crippen LogP contribution in [0.2, 0.25) is 0 Å². The summed E-state index contributed by atoms with van der Waals surface area (Å²) in [5.41, 5.74) is 0.617. The summed E-state index contributed by atoms with van der Waals surface area (Å²) in [6.45, 7) is 1.61. The highest BCUT2D eigenvalue weighted by atomic mass is 79.9. The van der Waals surface area contributed by atoms with E-state index in [2.05, 4.69) is 15.9 Å².